The summed E-state index contributed by atoms with van der Waals surface area (Å²) in [6, 6.07) is 5.10. The van der Waals surface area contributed by atoms with Gasteiger partial charge in [0.2, 0.25) is 0 Å². The summed E-state index contributed by atoms with van der Waals surface area (Å²) in [6.45, 7) is 3.64. The number of nitrogens with zero attached hydrogens (tertiary/aromatic N) is 1. The van der Waals surface area contributed by atoms with Crippen molar-refractivity contribution in [3.63, 3.8) is 0 Å². The molecule has 1 aliphatic heterocycles. The highest BCUT2D eigenvalue weighted by Crippen LogP contribution is 2.38. The number of benzene rings is 1. The number of amides is 1. The zero-order valence-electron chi connectivity index (χ0n) is 16.5. The topological polar surface area (TPSA) is 77.1 Å². The van der Waals surface area contributed by atoms with E-state index in [2.05, 4.69) is 10.2 Å². The lowest BCUT2D eigenvalue weighted by molar-refractivity contribution is 0.0526. The zero-order valence-corrected chi connectivity index (χ0v) is 17.3. The van der Waals surface area contributed by atoms with E-state index in [1.807, 2.05) is 7.05 Å². The Bertz CT molecular complexity index is 893. The Kier molecular flexibility index (Phi) is 6.21. The number of rotatable bonds is 6. The molecule has 0 saturated heterocycles. The molecule has 0 unspecified atom stereocenters. The minimum absolute atomic E-state index is 0.278. The van der Waals surface area contributed by atoms with Crippen molar-refractivity contribution in [1.82, 2.24) is 4.90 Å². The van der Waals surface area contributed by atoms with Crippen molar-refractivity contribution < 1.29 is 23.8 Å². The lowest BCUT2D eigenvalue weighted by atomic mass is 10.0. The number of likely N-dealkylation sites (N-methyl/N-ethyl adjacent to an activating group) is 1. The van der Waals surface area contributed by atoms with Crippen LogP contribution in [0.25, 0.3) is 0 Å². The molecule has 7 nitrogen and oxygen atoms in total. The van der Waals surface area contributed by atoms with Gasteiger partial charge in [-0.3, -0.25) is 4.79 Å². The van der Waals surface area contributed by atoms with Gasteiger partial charge in [-0.05, 0) is 38.1 Å². The van der Waals surface area contributed by atoms with Gasteiger partial charge in [-0.25, -0.2) is 4.79 Å². The maximum atomic E-state index is 13.0. The van der Waals surface area contributed by atoms with Gasteiger partial charge in [0.05, 0.1) is 32.0 Å². The minimum atomic E-state index is -0.405. The van der Waals surface area contributed by atoms with E-state index in [-0.39, 0.29) is 12.5 Å². The maximum Gasteiger partial charge on any atom is 0.341 e. The highest BCUT2D eigenvalue weighted by molar-refractivity contribution is 7.17. The predicted molar refractivity (Wildman–Crippen MR) is 108 cm³/mol. The Morgan fingerprint density at radius 3 is 2.71 bits per heavy atom. The molecular weight excluding hydrogens is 380 g/mol. The fourth-order valence-corrected chi connectivity index (χ4v) is 4.59. The number of nitrogens with one attached hydrogen (secondary N) is 1. The van der Waals surface area contributed by atoms with Gasteiger partial charge < -0.3 is 24.4 Å². The van der Waals surface area contributed by atoms with Gasteiger partial charge in [0.25, 0.3) is 5.91 Å². The van der Waals surface area contributed by atoms with Crippen LogP contribution < -0.4 is 14.8 Å². The standard InChI is InChI=1S/C20H24N2O5S/c1-5-27-20(24)16-12-9-10-22(2)11-15(12)28-19(16)21-18(23)13-7-6-8-14(25-3)17(13)26-4/h6-8H,5,9-11H2,1-4H3,(H,21,23). The van der Waals surface area contributed by atoms with Gasteiger partial charge in [0.1, 0.15) is 5.00 Å². The predicted octanol–water partition coefficient (Wildman–Crippen LogP) is 3.18. The number of hydrogen-bond donors (Lipinski definition) is 1. The third-order valence-corrected chi connectivity index (χ3v) is 5.73. The molecule has 8 heteroatoms. The summed E-state index contributed by atoms with van der Waals surface area (Å²) in [5.74, 6) is 0.0415. The van der Waals surface area contributed by atoms with Crippen LogP contribution in [0.15, 0.2) is 18.2 Å². The second kappa shape index (κ2) is 8.62. The van der Waals surface area contributed by atoms with Crippen LogP contribution in [0.5, 0.6) is 11.5 Å². The van der Waals surface area contributed by atoms with Crippen molar-refractivity contribution in [1.29, 1.82) is 0 Å². The van der Waals surface area contributed by atoms with E-state index in [1.165, 1.54) is 25.6 Å². The van der Waals surface area contributed by atoms with Crippen molar-refractivity contribution in [3.05, 3.63) is 39.8 Å². The average Bonchev–Trinajstić information content (AvgIpc) is 3.04. The molecular formula is C20H24N2O5S. The lowest BCUT2D eigenvalue weighted by Crippen LogP contribution is -2.26. The van der Waals surface area contributed by atoms with Gasteiger partial charge in [-0.2, -0.15) is 0 Å². The molecule has 2 aromatic rings. The van der Waals surface area contributed by atoms with Crippen LogP contribution in [0.4, 0.5) is 5.00 Å². The third kappa shape index (κ3) is 3.83. The molecule has 0 spiro atoms. The monoisotopic (exact) mass is 404 g/mol. The number of esters is 1. The summed E-state index contributed by atoms with van der Waals surface area (Å²) in [4.78, 5) is 28.8. The molecule has 0 bridgehead atoms. The molecule has 1 N–H and O–H groups in total. The maximum absolute atomic E-state index is 13.0. The van der Waals surface area contributed by atoms with Crippen molar-refractivity contribution in [2.45, 2.75) is 19.9 Å². The minimum Gasteiger partial charge on any atom is -0.493 e. The number of thiophene rings is 1. The Balaban J connectivity index is 1.98. The quantitative estimate of drug-likeness (QED) is 0.745. The molecule has 1 amide bonds. The van der Waals surface area contributed by atoms with Crippen molar-refractivity contribution in [2.24, 2.45) is 0 Å². The molecule has 0 fully saturated rings. The normalized spacial score (nSPS) is 13.6. The van der Waals surface area contributed by atoms with Crippen molar-refractivity contribution >= 4 is 28.2 Å². The van der Waals surface area contributed by atoms with Crippen molar-refractivity contribution in [2.75, 3.05) is 39.7 Å². The largest absolute Gasteiger partial charge is 0.493 e. The van der Waals surface area contributed by atoms with E-state index >= 15 is 0 Å². The highest BCUT2D eigenvalue weighted by Gasteiger charge is 2.29. The van der Waals surface area contributed by atoms with Gasteiger partial charge >= 0.3 is 5.97 Å². The molecule has 28 heavy (non-hydrogen) atoms. The number of anilines is 1. The lowest BCUT2D eigenvalue weighted by Gasteiger charge is -2.22. The molecule has 0 saturated carbocycles. The fourth-order valence-electron chi connectivity index (χ4n) is 3.27. The number of carbonyl (C=O) groups is 2. The van der Waals surface area contributed by atoms with Crippen LogP contribution in [0.2, 0.25) is 0 Å². The first-order valence-corrected chi connectivity index (χ1v) is 9.84. The zero-order chi connectivity index (χ0) is 20.3. The summed E-state index contributed by atoms with van der Waals surface area (Å²) in [5, 5.41) is 3.40. The SMILES string of the molecule is CCOC(=O)c1c(NC(=O)c2cccc(OC)c2OC)sc2c1CCN(C)C2. The van der Waals surface area contributed by atoms with E-state index in [1.54, 1.807) is 25.1 Å². The molecule has 0 atom stereocenters. The van der Waals surface area contributed by atoms with Gasteiger partial charge in [0, 0.05) is 18.0 Å². The molecule has 1 aromatic carbocycles. The number of ether oxygens (including phenoxy) is 3. The van der Waals surface area contributed by atoms with Crippen molar-refractivity contribution in [3.8, 4) is 11.5 Å². The molecule has 3 rings (SSSR count). The summed E-state index contributed by atoms with van der Waals surface area (Å²) in [5.41, 5.74) is 1.76. The summed E-state index contributed by atoms with van der Waals surface area (Å²) in [6.07, 6.45) is 0.745. The molecule has 2 heterocycles. The molecule has 1 aliphatic rings. The Hall–Kier alpha value is -2.58. The molecule has 0 aliphatic carbocycles. The number of carbonyl (C=O) groups excluding carboxylic acids is 2. The highest BCUT2D eigenvalue weighted by atomic mass is 32.1. The first-order valence-electron chi connectivity index (χ1n) is 9.02. The molecule has 150 valence electrons. The smallest absolute Gasteiger partial charge is 0.341 e. The van der Waals surface area contributed by atoms with Crippen LogP contribution in [0, 0.1) is 0 Å². The molecule has 0 radical (unpaired) electrons. The second-order valence-electron chi connectivity index (χ2n) is 6.41. The first kappa shape index (κ1) is 20.2. The van der Waals surface area contributed by atoms with Crippen LogP contribution >= 0.6 is 11.3 Å². The van der Waals surface area contributed by atoms with Crippen LogP contribution in [-0.2, 0) is 17.7 Å². The first-order chi connectivity index (χ1) is 13.5. The van der Waals surface area contributed by atoms with Gasteiger partial charge in [-0.1, -0.05) is 6.07 Å². The van der Waals surface area contributed by atoms with Crippen LogP contribution in [0.3, 0.4) is 0 Å². The van der Waals surface area contributed by atoms with E-state index in [4.69, 9.17) is 14.2 Å². The number of methoxy groups -OCH3 is 2. The summed E-state index contributed by atoms with van der Waals surface area (Å²) < 4.78 is 15.9. The Labute approximate surface area is 168 Å². The fraction of sp³-hybridized carbons (Fsp3) is 0.400. The second-order valence-corrected chi connectivity index (χ2v) is 7.52. The summed E-state index contributed by atoms with van der Waals surface area (Å²) in [7, 11) is 5.03. The third-order valence-electron chi connectivity index (χ3n) is 4.60. The number of hydrogen-bond acceptors (Lipinski definition) is 7. The molecule has 1 aromatic heterocycles. The average molecular weight is 404 g/mol. The van der Waals surface area contributed by atoms with E-state index in [0.717, 1.165) is 30.0 Å². The van der Waals surface area contributed by atoms with Gasteiger partial charge in [-0.15, -0.1) is 11.3 Å². The number of fused-ring (bicyclic) bond motifs is 1. The Morgan fingerprint density at radius 1 is 1.25 bits per heavy atom. The van der Waals surface area contributed by atoms with E-state index in [9.17, 15) is 9.59 Å². The summed E-state index contributed by atoms with van der Waals surface area (Å²) >= 11 is 1.42. The van der Waals surface area contributed by atoms with E-state index < -0.39 is 5.97 Å². The van der Waals surface area contributed by atoms with Gasteiger partial charge in [0.15, 0.2) is 11.5 Å². The number of para-hydroxylation sites is 1. The Morgan fingerprint density at radius 2 is 2.04 bits per heavy atom. The van der Waals surface area contributed by atoms with Crippen LogP contribution in [0.1, 0.15) is 38.1 Å². The van der Waals surface area contributed by atoms with E-state index in [0.29, 0.717) is 27.6 Å². The van der Waals surface area contributed by atoms with Crippen LogP contribution in [-0.4, -0.2) is 51.2 Å².